The van der Waals surface area contributed by atoms with Crippen molar-refractivity contribution >= 4 is 35.1 Å². The maximum Gasteiger partial charge on any atom is 0.268 e. The van der Waals surface area contributed by atoms with E-state index in [0.29, 0.717) is 35.3 Å². The summed E-state index contributed by atoms with van der Waals surface area (Å²) < 4.78 is 12.3. The van der Waals surface area contributed by atoms with Gasteiger partial charge < -0.3 is 14.8 Å². The summed E-state index contributed by atoms with van der Waals surface area (Å²) in [6.07, 6.45) is 1.49. The second-order valence-electron chi connectivity index (χ2n) is 7.36. The smallest absolute Gasteiger partial charge is 0.268 e. The highest BCUT2D eigenvalue weighted by Gasteiger charge is 2.22. The van der Waals surface area contributed by atoms with Crippen LogP contribution in [-0.2, 0) is 24.2 Å². The number of carbonyl (C=O) groups is 1. The number of anilines is 1. The lowest BCUT2D eigenvalue weighted by Gasteiger charge is -2.14. The lowest BCUT2D eigenvalue weighted by atomic mass is 10.1. The molecule has 0 aliphatic carbocycles. The number of amides is 1. The van der Waals surface area contributed by atoms with Crippen molar-refractivity contribution in [1.82, 2.24) is 9.55 Å². The summed E-state index contributed by atoms with van der Waals surface area (Å²) in [7, 11) is 3.11. The summed E-state index contributed by atoms with van der Waals surface area (Å²) in [6.45, 7) is 0.514. The van der Waals surface area contributed by atoms with Gasteiger partial charge in [0.05, 0.1) is 36.2 Å². The molecule has 9 heteroatoms. The average molecular weight is 484 g/mol. The van der Waals surface area contributed by atoms with E-state index in [0.717, 1.165) is 28.3 Å². The quantitative estimate of drug-likeness (QED) is 0.365. The maximum atomic E-state index is 13.1. The highest BCUT2D eigenvalue weighted by Crippen LogP contribution is 2.30. The molecule has 0 spiro atoms. The number of nitrogens with zero attached hydrogens (tertiary/aromatic N) is 2. The van der Waals surface area contributed by atoms with E-state index in [-0.39, 0.29) is 17.2 Å². The Morgan fingerprint density at radius 2 is 2.00 bits per heavy atom. The molecule has 0 saturated carbocycles. The molecule has 1 aliphatic heterocycles. The topological polar surface area (TPSA) is 82.5 Å². The van der Waals surface area contributed by atoms with E-state index in [1.165, 1.54) is 18.9 Å². The molecule has 0 unspecified atom stereocenters. The predicted molar refractivity (Wildman–Crippen MR) is 132 cm³/mol. The van der Waals surface area contributed by atoms with Crippen LogP contribution in [0.2, 0.25) is 0 Å². The number of aryl methyl sites for hydroxylation is 2. The molecule has 0 saturated heterocycles. The molecular formula is C24H25N3O4S2. The van der Waals surface area contributed by atoms with E-state index in [1.807, 2.05) is 30.3 Å². The van der Waals surface area contributed by atoms with Gasteiger partial charge in [-0.1, -0.05) is 42.1 Å². The van der Waals surface area contributed by atoms with Crippen LogP contribution in [0.1, 0.15) is 11.3 Å². The van der Waals surface area contributed by atoms with E-state index in [9.17, 15) is 9.59 Å². The fraction of sp³-hybridized carbons (Fsp3) is 0.292. The Labute approximate surface area is 200 Å². The Hall–Kier alpha value is -2.91. The summed E-state index contributed by atoms with van der Waals surface area (Å²) in [6, 6.07) is 15.2. The summed E-state index contributed by atoms with van der Waals surface area (Å²) in [5.74, 6) is 1.94. The Morgan fingerprint density at radius 1 is 1.18 bits per heavy atom. The number of ether oxygens (including phenoxy) is 2. The van der Waals surface area contributed by atoms with Gasteiger partial charge in [-0.3, -0.25) is 14.2 Å². The number of thioether (sulfide) groups is 2. The predicted octanol–water partition coefficient (Wildman–Crippen LogP) is 3.88. The summed E-state index contributed by atoms with van der Waals surface area (Å²) >= 11 is 2.84. The number of nitrogens with one attached hydrogen (secondary N) is 1. The molecule has 1 amide bonds. The van der Waals surface area contributed by atoms with Crippen molar-refractivity contribution in [3.63, 3.8) is 0 Å². The van der Waals surface area contributed by atoms with Gasteiger partial charge in [-0.05, 0) is 24.1 Å². The van der Waals surface area contributed by atoms with Gasteiger partial charge in [0.25, 0.3) is 5.56 Å². The first-order valence-corrected chi connectivity index (χ1v) is 12.5. The number of aromatic nitrogens is 2. The minimum Gasteiger partial charge on any atom is -0.497 e. The van der Waals surface area contributed by atoms with Crippen LogP contribution in [0.5, 0.6) is 11.5 Å². The first-order valence-electron chi connectivity index (χ1n) is 10.5. The summed E-state index contributed by atoms with van der Waals surface area (Å²) in [5, 5.41) is 3.45. The molecule has 1 aliphatic rings. The molecule has 1 N–H and O–H groups in total. The molecule has 0 radical (unpaired) electrons. The zero-order chi connectivity index (χ0) is 23.2. The largest absolute Gasteiger partial charge is 0.497 e. The van der Waals surface area contributed by atoms with Crippen molar-refractivity contribution in [3.05, 3.63) is 70.1 Å². The van der Waals surface area contributed by atoms with E-state index >= 15 is 0 Å². The van der Waals surface area contributed by atoms with Gasteiger partial charge in [0.15, 0.2) is 5.16 Å². The van der Waals surface area contributed by atoms with Crippen LogP contribution < -0.4 is 20.3 Å². The minimum absolute atomic E-state index is 0.0156. The molecule has 1 aromatic heterocycles. The Kier molecular flexibility index (Phi) is 7.61. The molecule has 33 heavy (non-hydrogen) atoms. The van der Waals surface area contributed by atoms with Crippen molar-refractivity contribution in [3.8, 4) is 11.5 Å². The van der Waals surface area contributed by atoms with Gasteiger partial charge in [-0.15, -0.1) is 11.8 Å². The lowest BCUT2D eigenvalue weighted by molar-refractivity contribution is -0.113. The van der Waals surface area contributed by atoms with Gasteiger partial charge in [0.1, 0.15) is 11.5 Å². The third kappa shape index (κ3) is 5.54. The van der Waals surface area contributed by atoms with Crippen LogP contribution >= 0.6 is 23.5 Å². The normalized spacial score (nSPS) is 12.3. The fourth-order valence-electron chi connectivity index (χ4n) is 3.53. The van der Waals surface area contributed by atoms with Crippen LogP contribution in [0.3, 0.4) is 0 Å². The molecule has 0 atom stereocenters. The molecule has 2 heterocycles. The Bertz CT molecular complexity index is 1200. The van der Waals surface area contributed by atoms with Crippen LogP contribution in [0.25, 0.3) is 0 Å². The summed E-state index contributed by atoms with van der Waals surface area (Å²) in [4.78, 5) is 31.3. The van der Waals surface area contributed by atoms with Crippen molar-refractivity contribution in [2.45, 2.75) is 29.4 Å². The van der Waals surface area contributed by atoms with Crippen molar-refractivity contribution in [2.24, 2.45) is 0 Å². The third-order valence-corrected chi connectivity index (χ3v) is 7.31. The molecule has 0 fully saturated rings. The van der Waals surface area contributed by atoms with Gasteiger partial charge in [-0.2, -0.15) is 0 Å². The average Bonchev–Trinajstić information content (AvgIpc) is 3.32. The van der Waals surface area contributed by atoms with E-state index < -0.39 is 0 Å². The van der Waals surface area contributed by atoms with Crippen molar-refractivity contribution in [2.75, 3.05) is 31.0 Å². The van der Waals surface area contributed by atoms with Gasteiger partial charge >= 0.3 is 0 Å². The highest BCUT2D eigenvalue weighted by atomic mass is 32.2. The zero-order valence-electron chi connectivity index (χ0n) is 18.5. The Balaban J connectivity index is 1.49. The van der Waals surface area contributed by atoms with E-state index in [4.69, 9.17) is 14.5 Å². The second kappa shape index (κ2) is 10.8. The van der Waals surface area contributed by atoms with Crippen LogP contribution in [0, 0.1) is 0 Å². The first-order chi connectivity index (χ1) is 16.1. The van der Waals surface area contributed by atoms with Crippen LogP contribution in [0.15, 0.2) is 63.4 Å². The molecule has 3 aromatic rings. The number of hydrogen-bond acceptors (Lipinski definition) is 7. The molecule has 7 nitrogen and oxygen atoms in total. The van der Waals surface area contributed by atoms with E-state index in [2.05, 4.69) is 5.32 Å². The Morgan fingerprint density at radius 3 is 2.76 bits per heavy atom. The highest BCUT2D eigenvalue weighted by molar-refractivity contribution is 8.00. The number of rotatable bonds is 9. The lowest BCUT2D eigenvalue weighted by Crippen LogP contribution is -2.27. The number of hydrogen-bond donors (Lipinski definition) is 1. The number of carbonyl (C=O) groups excluding carboxylic acids is 1. The third-order valence-electron chi connectivity index (χ3n) is 5.23. The molecule has 172 valence electrons. The SMILES string of the molecule is COc1ccc(NC(=O)CSc2nc3c(c(=O)n2CCc2ccccc2)SCC3)c(OC)c1. The molecule has 2 aromatic carbocycles. The molecule has 0 bridgehead atoms. The number of methoxy groups -OCH3 is 2. The van der Waals surface area contributed by atoms with Crippen molar-refractivity contribution < 1.29 is 14.3 Å². The molecule has 4 rings (SSSR count). The van der Waals surface area contributed by atoms with Gasteiger partial charge in [0, 0.05) is 24.8 Å². The monoisotopic (exact) mass is 483 g/mol. The second-order valence-corrected chi connectivity index (χ2v) is 9.41. The minimum atomic E-state index is -0.206. The standard InChI is InChI=1S/C24H25N3O4S2/c1-30-17-8-9-18(20(14-17)31-2)25-21(28)15-33-24-26-19-11-13-32-22(19)23(29)27(24)12-10-16-6-4-3-5-7-16/h3-9,14H,10-13,15H2,1-2H3,(H,25,28). The first kappa shape index (κ1) is 23.3. The zero-order valence-corrected chi connectivity index (χ0v) is 20.1. The number of benzene rings is 2. The number of fused-ring (bicyclic) bond motifs is 1. The van der Waals surface area contributed by atoms with Gasteiger partial charge in [0.2, 0.25) is 5.91 Å². The summed E-state index contributed by atoms with van der Waals surface area (Å²) in [5.41, 5.74) is 2.53. The van der Waals surface area contributed by atoms with Crippen LogP contribution in [-0.4, -0.2) is 41.2 Å². The fourth-order valence-corrected chi connectivity index (χ4v) is 5.42. The van der Waals surface area contributed by atoms with Crippen molar-refractivity contribution in [1.29, 1.82) is 0 Å². The van der Waals surface area contributed by atoms with E-state index in [1.54, 1.807) is 41.6 Å². The van der Waals surface area contributed by atoms with Crippen LogP contribution in [0.4, 0.5) is 5.69 Å². The maximum absolute atomic E-state index is 13.1. The molecular weight excluding hydrogens is 458 g/mol. The van der Waals surface area contributed by atoms with Gasteiger partial charge in [-0.25, -0.2) is 4.98 Å².